The van der Waals surface area contributed by atoms with Gasteiger partial charge >= 0.3 is 219 Å². The van der Waals surface area contributed by atoms with Crippen molar-refractivity contribution in [1.29, 1.82) is 0 Å². The molecule has 0 bridgehead atoms. The number of methoxy groups -OCH3 is 1. The van der Waals surface area contributed by atoms with Crippen LogP contribution in [0.4, 0.5) is 5.82 Å². The SMILES string of the molecule is COc1nc(N[C@H](C)c2ccccc2)c2cc([AsH]C(=O)C=CCN3CCOCC3)c(C3CC3)cc2n1. The number of nitrogens with one attached hydrogen (secondary N) is 1. The number of ether oxygens (including phenoxy) is 2. The van der Waals surface area contributed by atoms with E-state index < -0.39 is 15.8 Å². The Hall–Kier alpha value is -2.73. The van der Waals surface area contributed by atoms with Gasteiger partial charge in [0.25, 0.3) is 0 Å². The fourth-order valence-corrected chi connectivity index (χ4v) is 6.83. The summed E-state index contributed by atoms with van der Waals surface area (Å²) in [5.41, 5.74) is 3.31. The van der Waals surface area contributed by atoms with Crippen LogP contribution in [0.15, 0.2) is 54.6 Å². The molecular weight excluding hydrogens is 515 g/mol. The van der Waals surface area contributed by atoms with Gasteiger partial charge in [0.1, 0.15) is 0 Å². The predicted octanol–water partition coefficient (Wildman–Crippen LogP) is 3.17. The molecule has 1 aromatic heterocycles. The molecule has 2 atom stereocenters. The summed E-state index contributed by atoms with van der Waals surface area (Å²) in [4.78, 5) is 24.6. The first-order valence-corrected chi connectivity index (χ1v) is 14.7. The zero-order valence-electron chi connectivity index (χ0n) is 20.9. The maximum absolute atomic E-state index is 13.0. The summed E-state index contributed by atoms with van der Waals surface area (Å²) in [5, 5.41) is 4.50. The van der Waals surface area contributed by atoms with Crippen molar-refractivity contribution in [3.63, 3.8) is 0 Å². The third-order valence-corrected chi connectivity index (χ3v) is 9.03. The number of fused-ring (bicyclic) bond motifs is 1. The van der Waals surface area contributed by atoms with Gasteiger partial charge in [0, 0.05) is 0 Å². The van der Waals surface area contributed by atoms with Gasteiger partial charge in [-0.15, -0.1) is 0 Å². The van der Waals surface area contributed by atoms with Gasteiger partial charge in [-0.3, -0.25) is 0 Å². The number of carbonyl (C=O) groups is 1. The Bertz CT molecular complexity index is 1240. The maximum atomic E-state index is 13.0. The number of anilines is 1. The molecule has 2 aliphatic rings. The molecule has 0 radical (unpaired) electrons. The van der Waals surface area contributed by atoms with E-state index in [-0.39, 0.29) is 10.6 Å². The molecule has 1 saturated carbocycles. The number of carbonyl (C=O) groups excluding carboxylic acids is 1. The van der Waals surface area contributed by atoms with Crippen LogP contribution in [0.5, 0.6) is 6.01 Å². The number of benzene rings is 2. The van der Waals surface area contributed by atoms with Crippen LogP contribution in [-0.4, -0.2) is 75.1 Å². The van der Waals surface area contributed by atoms with Gasteiger partial charge < -0.3 is 0 Å². The predicted molar refractivity (Wildman–Crippen MR) is 145 cm³/mol. The van der Waals surface area contributed by atoms with E-state index in [2.05, 4.69) is 51.4 Å². The zero-order chi connectivity index (χ0) is 24.9. The van der Waals surface area contributed by atoms with Crippen molar-refractivity contribution in [1.82, 2.24) is 14.9 Å². The van der Waals surface area contributed by atoms with Crippen LogP contribution < -0.4 is 14.4 Å². The van der Waals surface area contributed by atoms with Crippen molar-refractivity contribution < 1.29 is 14.3 Å². The van der Waals surface area contributed by atoms with Crippen LogP contribution in [0, 0.1) is 0 Å². The van der Waals surface area contributed by atoms with E-state index >= 15 is 0 Å². The van der Waals surface area contributed by atoms with E-state index in [0.717, 1.165) is 49.6 Å². The van der Waals surface area contributed by atoms with E-state index in [0.29, 0.717) is 11.9 Å². The summed E-state index contributed by atoms with van der Waals surface area (Å²) in [6.45, 7) is 6.30. The summed E-state index contributed by atoms with van der Waals surface area (Å²) >= 11 is -0.995. The number of rotatable bonds is 10. The van der Waals surface area contributed by atoms with E-state index in [1.165, 1.54) is 28.3 Å². The molecule has 1 N–H and O–H groups in total. The van der Waals surface area contributed by atoms with E-state index in [4.69, 9.17) is 9.47 Å². The number of morpholine rings is 1. The molecule has 1 unspecified atom stereocenters. The third kappa shape index (κ3) is 6.15. The Morgan fingerprint density at radius 3 is 2.72 bits per heavy atom. The van der Waals surface area contributed by atoms with Crippen molar-refractivity contribution in [2.75, 3.05) is 45.3 Å². The monoisotopic (exact) mass is 548 g/mol. The number of aromatic nitrogens is 2. The van der Waals surface area contributed by atoms with Crippen LogP contribution in [0.3, 0.4) is 0 Å². The zero-order valence-corrected chi connectivity index (χ0v) is 23.0. The molecule has 2 heterocycles. The fraction of sp³-hybridized carbons (Fsp3) is 0.393. The molecule has 188 valence electrons. The Kier molecular flexibility index (Phi) is 8.00. The second-order valence-corrected chi connectivity index (χ2v) is 12.1. The Labute approximate surface area is 219 Å². The first kappa shape index (κ1) is 24.9. The molecule has 1 aliphatic carbocycles. The topological polar surface area (TPSA) is 76.6 Å². The average Bonchev–Trinajstić information content (AvgIpc) is 3.75. The van der Waals surface area contributed by atoms with Gasteiger partial charge in [-0.2, -0.15) is 0 Å². The minimum absolute atomic E-state index is 0.0568. The average molecular weight is 549 g/mol. The summed E-state index contributed by atoms with van der Waals surface area (Å²) in [5.74, 6) is 1.26. The van der Waals surface area contributed by atoms with Gasteiger partial charge in [-0.25, -0.2) is 0 Å². The van der Waals surface area contributed by atoms with Crippen LogP contribution >= 0.6 is 0 Å². The van der Waals surface area contributed by atoms with Crippen molar-refractivity contribution in [2.24, 2.45) is 0 Å². The molecule has 7 nitrogen and oxygen atoms in total. The second kappa shape index (κ2) is 11.5. The molecule has 1 saturated heterocycles. The molecule has 3 aromatic rings. The standard InChI is InChI=1S/C28H33AsN4O3/c1-19(20-7-4-3-5-8-20)30-27-23-17-24(29-26(34)9-6-12-33-13-15-36-16-14-33)22(21-10-11-21)18-25(23)31-28(32-27)35-2/h3-9,17-19,21,29H,10-16H2,1-2H3,(H,30,31,32)/t19-/m1/s1. The minimum atomic E-state index is -0.995. The molecule has 2 fully saturated rings. The van der Waals surface area contributed by atoms with Crippen molar-refractivity contribution in [3.05, 3.63) is 65.7 Å². The molecule has 0 spiro atoms. The molecule has 5 rings (SSSR count). The van der Waals surface area contributed by atoms with E-state index in [9.17, 15) is 4.79 Å². The number of hydrogen-bond acceptors (Lipinski definition) is 7. The van der Waals surface area contributed by atoms with Crippen LogP contribution in [-0.2, 0) is 9.53 Å². The molecule has 8 heteroatoms. The normalized spacial score (nSPS) is 17.7. The van der Waals surface area contributed by atoms with Gasteiger partial charge in [-0.05, 0) is 0 Å². The van der Waals surface area contributed by atoms with Crippen LogP contribution in [0.25, 0.3) is 10.9 Å². The van der Waals surface area contributed by atoms with Crippen molar-refractivity contribution in [2.45, 2.75) is 31.7 Å². The van der Waals surface area contributed by atoms with Gasteiger partial charge in [-0.1, -0.05) is 0 Å². The number of hydrogen-bond donors (Lipinski definition) is 1. The Morgan fingerprint density at radius 2 is 2.00 bits per heavy atom. The first-order valence-electron chi connectivity index (χ1n) is 12.6. The summed E-state index contributed by atoms with van der Waals surface area (Å²) < 4.78 is 12.3. The Balaban J connectivity index is 1.41. The van der Waals surface area contributed by atoms with Crippen LogP contribution in [0.1, 0.15) is 42.9 Å². The second-order valence-electron chi connectivity index (χ2n) is 9.37. The molecule has 36 heavy (non-hydrogen) atoms. The Morgan fingerprint density at radius 1 is 1.22 bits per heavy atom. The van der Waals surface area contributed by atoms with Gasteiger partial charge in [0.2, 0.25) is 0 Å². The van der Waals surface area contributed by atoms with Crippen molar-refractivity contribution >= 4 is 41.4 Å². The van der Waals surface area contributed by atoms with Crippen molar-refractivity contribution in [3.8, 4) is 6.01 Å². The first-order chi connectivity index (χ1) is 17.6. The third-order valence-electron chi connectivity index (χ3n) is 6.69. The van der Waals surface area contributed by atoms with E-state index in [1.807, 2.05) is 24.3 Å². The van der Waals surface area contributed by atoms with Gasteiger partial charge in [0.15, 0.2) is 0 Å². The molecule has 1 aliphatic heterocycles. The molecule has 2 aromatic carbocycles. The summed E-state index contributed by atoms with van der Waals surface area (Å²) in [6.07, 6.45) is 6.14. The van der Waals surface area contributed by atoms with E-state index in [1.54, 1.807) is 13.2 Å². The fourth-order valence-electron chi connectivity index (χ4n) is 4.51. The quantitative estimate of drug-likeness (QED) is 0.308. The summed E-state index contributed by atoms with van der Waals surface area (Å²) in [7, 11) is 1.59. The van der Waals surface area contributed by atoms with Crippen LogP contribution in [0.2, 0.25) is 0 Å². The van der Waals surface area contributed by atoms with Gasteiger partial charge in [0.05, 0.1) is 0 Å². The number of allylic oxidation sites excluding steroid dienone is 1. The molecular formula is C28H33AsN4O3. The molecule has 0 amide bonds. The summed E-state index contributed by atoms with van der Waals surface area (Å²) in [6, 6.07) is 15.0. The number of nitrogens with zero attached hydrogens (tertiary/aromatic N) is 3.